The summed E-state index contributed by atoms with van der Waals surface area (Å²) in [6.07, 6.45) is 20.4. The second kappa shape index (κ2) is 43.6. The van der Waals surface area contributed by atoms with Crippen LogP contribution in [-0.2, 0) is 33.2 Å². The predicted octanol–water partition coefficient (Wildman–Crippen LogP) is 5.71. The first-order valence-electron chi connectivity index (χ1n) is 30.7. The fraction of sp³-hybridized carbons (Fsp3) is 0.883. The Morgan fingerprint density at radius 3 is 1.30 bits per heavy atom. The van der Waals surface area contributed by atoms with Gasteiger partial charge in [-0.3, -0.25) is 4.79 Å². The largest absolute Gasteiger partial charge is 0.394 e. The maximum Gasteiger partial charge on any atom is 0.220 e. The van der Waals surface area contributed by atoms with E-state index in [1.807, 2.05) is 0 Å². The molecule has 3 rings (SSSR count). The molecule has 3 fully saturated rings. The second-order valence-corrected chi connectivity index (χ2v) is 22.2. The van der Waals surface area contributed by atoms with Crippen LogP contribution in [0.1, 0.15) is 206 Å². The molecule has 12 N–H and O–H groups in total. The zero-order valence-corrected chi connectivity index (χ0v) is 48.1. The molecule has 17 unspecified atom stereocenters. The van der Waals surface area contributed by atoms with E-state index in [-0.39, 0.29) is 18.9 Å². The first-order chi connectivity index (χ1) is 38.3. The smallest absolute Gasteiger partial charge is 0.220 e. The number of aliphatic hydroxyl groups is 11. The highest BCUT2D eigenvalue weighted by atomic mass is 16.8. The highest BCUT2D eigenvalue weighted by molar-refractivity contribution is 5.76. The number of allylic oxidation sites excluding steroid dienone is 6. The number of amides is 1. The number of carbonyl (C=O) groups is 1. The maximum atomic E-state index is 13.2. The van der Waals surface area contributed by atoms with Gasteiger partial charge in [-0.05, 0) is 51.4 Å². The molecule has 3 saturated heterocycles. The number of hydrogen-bond acceptors (Lipinski definition) is 18. The molecule has 0 aromatic heterocycles. The van der Waals surface area contributed by atoms with Crippen LogP contribution < -0.4 is 5.32 Å². The Morgan fingerprint density at radius 1 is 0.456 bits per heavy atom. The molecule has 17 atom stereocenters. The lowest BCUT2D eigenvalue weighted by Crippen LogP contribution is -2.66. The van der Waals surface area contributed by atoms with E-state index in [1.54, 1.807) is 0 Å². The van der Waals surface area contributed by atoms with E-state index in [2.05, 4.69) is 55.6 Å². The van der Waals surface area contributed by atoms with Gasteiger partial charge in [-0.25, -0.2) is 0 Å². The molecular formula is C60H109NO18. The molecule has 3 heterocycles. The molecule has 19 nitrogen and oxygen atoms in total. The van der Waals surface area contributed by atoms with E-state index in [0.29, 0.717) is 12.8 Å². The Balaban J connectivity index is 1.33. The van der Waals surface area contributed by atoms with Gasteiger partial charge in [0.1, 0.15) is 73.2 Å². The Kier molecular flexibility index (Phi) is 39.4. The van der Waals surface area contributed by atoms with Crippen LogP contribution in [0.4, 0.5) is 0 Å². The van der Waals surface area contributed by atoms with Crippen molar-refractivity contribution in [2.24, 2.45) is 0 Å². The molecule has 0 aromatic rings. The van der Waals surface area contributed by atoms with Crippen molar-refractivity contribution in [3.05, 3.63) is 36.5 Å². The highest BCUT2D eigenvalue weighted by Crippen LogP contribution is 2.33. The average Bonchev–Trinajstić information content (AvgIpc) is 3.48. The second-order valence-electron chi connectivity index (χ2n) is 22.2. The molecule has 0 spiro atoms. The van der Waals surface area contributed by atoms with Crippen LogP contribution in [0.25, 0.3) is 0 Å². The van der Waals surface area contributed by atoms with Gasteiger partial charge in [-0.15, -0.1) is 0 Å². The van der Waals surface area contributed by atoms with Gasteiger partial charge in [0.05, 0.1) is 38.6 Å². The van der Waals surface area contributed by atoms with Crippen molar-refractivity contribution in [3.63, 3.8) is 0 Å². The Morgan fingerprint density at radius 2 is 0.835 bits per heavy atom. The molecule has 3 aliphatic heterocycles. The summed E-state index contributed by atoms with van der Waals surface area (Å²) in [4.78, 5) is 13.2. The lowest BCUT2D eigenvalue weighted by molar-refractivity contribution is -0.379. The third-order valence-electron chi connectivity index (χ3n) is 15.5. The molecule has 0 bridgehead atoms. The number of hydrogen-bond donors (Lipinski definition) is 12. The van der Waals surface area contributed by atoms with Crippen LogP contribution in [0.3, 0.4) is 0 Å². The molecule has 0 saturated carbocycles. The summed E-state index contributed by atoms with van der Waals surface area (Å²) in [5, 5.41) is 120. The topological polar surface area (TPSA) is 307 Å². The van der Waals surface area contributed by atoms with Gasteiger partial charge in [-0.2, -0.15) is 0 Å². The SMILES string of the molecule is CCCCCCC/C=C\C/C=C\C/C=C\CCCCCCCCCCCCCCCCC(=O)NC(COC1OC(CO)C(OC2OC(CO)C(OC3OC(CO)C(O)C(O)C3O)C(O)C2O)C(O)C1O)C(O)CCCCCCC. The predicted molar refractivity (Wildman–Crippen MR) is 300 cm³/mol. The third-order valence-corrected chi connectivity index (χ3v) is 15.5. The van der Waals surface area contributed by atoms with Crippen LogP contribution in [0.15, 0.2) is 36.5 Å². The summed E-state index contributed by atoms with van der Waals surface area (Å²) in [6.45, 7) is 1.66. The Hall–Kier alpha value is -1.99. The van der Waals surface area contributed by atoms with Crippen molar-refractivity contribution in [2.45, 2.75) is 311 Å². The third kappa shape index (κ3) is 27.5. The van der Waals surface area contributed by atoms with Gasteiger partial charge in [0.2, 0.25) is 5.91 Å². The molecule has 3 aliphatic rings. The van der Waals surface area contributed by atoms with Gasteiger partial charge in [-0.1, -0.05) is 185 Å². The summed E-state index contributed by atoms with van der Waals surface area (Å²) >= 11 is 0. The standard InChI is InChI=1S/C60H109NO18/c1-3-5-7-9-10-11-12-13-14-15-16-17-18-19-20-21-22-23-24-25-26-27-28-29-30-31-32-34-36-38-48(66)61-43(44(65)37-35-33-8-6-4-2)42-74-58-54(72)51(69)56(46(40-63)76-58)79-60-55(73)52(70)57(47(41-64)77-60)78-59-53(71)50(68)49(67)45(39-62)75-59/h12-13,15-16,18-19,43-47,49-60,62-65,67-73H,3-11,14,17,20-42H2,1-2H3,(H,61,66)/b13-12-,16-15-,19-18-. The molecule has 0 aromatic carbocycles. The van der Waals surface area contributed by atoms with E-state index in [4.69, 9.17) is 28.4 Å². The minimum Gasteiger partial charge on any atom is -0.394 e. The van der Waals surface area contributed by atoms with Crippen LogP contribution in [-0.4, -0.2) is 193 Å². The molecule has 0 aliphatic carbocycles. The summed E-state index contributed by atoms with van der Waals surface area (Å²) in [5.74, 6) is -0.251. The van der Waals surface area contributed by atoms with Crippen molar-refractivity contribution in [3.8, 4) is 0 Å². The van der Waals surface area contributed by atoms with Gasteiger partial charge >= 0.3 is 0 Å². The van der Waals surface area contributed by atoms with E-state index in [0.717, 1.165) is 64.2 Å². The lowest BCUT2D eigenvalue weighted by Gasteiger charge is -2.48. The minimum absolute atomic E-state index is 0.251. The number of carbonyl (C=O) groups excluding carboxylic acids is 1. The van der Waals surface area contributed by atoms with Gasteiger partial charge in [0.15, 0.2) is 18.9 Å². The van der Waals surface area contributed by atoms with Crippen LogP contribution >= 0.6 is 0 Å². The molecule has 462 valence electrons. The van der Waals surface area contributed by atoms with Gasteiger partial charge in [0.25, 0.3) is 0 Å². The summed E-state index contributed by atoms with van der Waals surface area (Å²) < 4.78 is 34.1. The fourth-order valence-electron chi connectivity index (χ4n) is 10.4. The van der Waals surface area contributed by atoms with Gasteiger partial charge < -0.3 is 89.9 Å². The Labute approximate surface area is 472 Å². The normalized spacial score (nSPS) is 30.5. The summed E-state index contributed by atoms with van der Waals surface area (Å²) in [6, 6.07) is -0.883. The Bertz CT molecular complexity index is 1590. The molecule has 79 heavy (non-hydrogen) atoms. The highest BCUT2D eigenvalue weighted by Gasteiger charge is 2.53. The van der Waals surface area contributed by atoms with Gasteiger partial charge in [0, 0.05) is 6.42 Å². The maximum absolute atomic E-state index is 13.2. The summed E-state index contributed by atoms with van der Waals surface area (Å²) in [7, 11) is 0. The first-order valence-corrected chi connectivity index (χ1v) is 30.7. The van der Waals surface area contributed by atoms with E-state index in [1.165, 1.54) is 109 Å². The molecular weight excluding hydrogens is 1020 g/mol. The molecule has 19 heteroatoms. The van der Waals surface area contributed by atoms with Crippen molar-refractivity contribution in [2.75, 3.05) is 26.4 Å². The van der Waals surface area contributed by atoms with E-state index in [9.17, 15) is 61.0 Å². The average molecular weight is 1130 g/mol. The first kappa shape index (κ1) is 71.3. The van der Waals surface area contributed by atoms with Crippen LogP contribution in [0, 0.1) is 0 Å². The number of unbranched alkanes of at least 4 members (excludes halogenated alkanes) is 23. The molecule has 0 radical (unpaired) electrons. The van der Waals surface area contributed by atoms with Crippen molar-refractivity contribution < 1.29 is 89.4 Å². The minimum atomic E-state index is -1.97. The van der Waals surface area contributed by atoms with Crippen molar-refractivity contribution >= 4 is 5.91 Å². The summed E-state index contributed by atoms with van der Waals surface area (Å²) in [5.41, 5.74) is 0. The van der Waals surface area contributed by atoms with Crippen molar-refractivity contribution in [1.82, 2.24) is 5.32 Å². The molecule has 1 amide bonds. The zero-order chi connectivity index (χ0) is 57.6. The fourth-order valence-corrected chi connectivity index (χ4v) is 10.4. The number of aliphatic hydroxyl groups excluding tert-OH is 11. The lowest BCUT2D eigenvalue weighted by atomic mass is 9.96. The zero-order valence-electron chi connectivity index (χ0n) is 48.1. The quantitative estimate of drug-likeness (QED) is 0.0257. The van der Waals surface area contributed by atoms with Crippen LogP contribution in [0.5, 0.6) is 0 Å². The number of nitrogens with one attached hydrogen (secondary N) is 1. The van der Waals surface area contributed by atoms with E-state index >= 15 is 0 Å². The number of ether oxygens (including phenoxy) is 6. The number of rotatable bonds is 45. The van der Waals surface area contributed by atoms with Crippen LogP contribution in [0.2, 0.25) is 0 Å². The van der Waals surface area contributed by atoms with Crippen molar-refractivity contribution in [1.29, 1.82) is 0 Å². The van der Waals surface area contributed by atoms with E-state index < -0.39 is 124 Å². The monoisotopic (exact) mass is 1130 g/mol.